The first-order valence-electron chi connectivity index (χ1n) is 5.93. The van der Waals surface area contributed by atoms with E-state index in [4.69, 9.17) is 32.4 Å². The second-order valence-corrected chi connectivity index (χ2v) is 5.11. The minimum absolute atomic E-state index is 0.0174. The summed E-state index contributed by atoms with van der Waals surface area (Å²) in [5, 5.41) is 10.7. The standard InChI is InChI=1S/C15H8Cl2O4/c16-11-4-3-10(7-12(11)17)20-14-5-8-1-2-9(18)6-13(8)21-15(14)19/h1-7,18H. The van der Waals surface area contributed by atoms with Gasteiger partial charge in [-0.25, -0.2) is 4.79 Å². The van der Waals surface area contributed by atoms with Gasteiger partial charge in [0.15, 0.2) is 0 Å². The van der Waals surface area contributed by atoms with E-state index in [1.807, 2.05) is 0 Å². The van der Waals surface area contributed by atoms with Gasteiger partial charge in [0.25, 0.3) is 0 Å². The largest absolute Gasteiger partial charge is 0.508 e. The van der Waals surface area contributed by atoms with Gasteiger partial charge in [0, 0.05) is 17.5 Å². The molecule has 0 saturated heterocycles. The van der Waals surface area contributed by atoms with Gasteiger partial charge in [-0.05, 0) is 30.3 Å². The van der Waals surface area contributed by atoms with Crippen molar-refractivity contribution in [3.63, 3.8) is 0 Å². The number of benzene rings is 2. The maximum absolute atomic E-state index is 11.9. The summed E-state index contributed by atoms with van der Waals surface area (Å²) in [6, 6.07) is 10.7. The molecule has 0 radical (unpaired) electrons. The summed E-state index contributed by atoms with van der Waals surface area (Å²) in [5.74, 6) is 0.408. The number of halogens is 2. The van der Waals surface area contributed by atoms with E-state index in [1.165, 1.54) is 24.3 Å². The summed E-state index contributed by atoms with van der Waals surface area (Å²) in [4.78, 5) is 11.9. The highest BCUT2D eigenvalue weighted by atomic mass is 35.5. The number of fused-ring (bicyclic) bond motifs is 1. The predicted molar refractivity (Wildman–Crippen MR) is 80.7 cm³/mol. The maximum atomic E-state index is 11.9. The molecule has 0 unspecified atom stereocenters. The molecule has 1 N–H and O–H groups in total. The first-order valence-corrected chi connectivity index (χ1v) is 6.68. The molecule has 21 heavy (non-hydrogen) atoms. The molecule has 2 aromatic carbocycles. The van der Waals surface area contributed by atoms with E-state index in [9.17, 15) is 9.90 Å². The van der Waals surface area contributed by atoms with Gasteiger partial charge in [-0.15, -0.1) is 0 Å². The SMILES string of the molecule is O=c1oc2cc(O)ccc2cc1Oc1ccc(Cl)c(Cl)c1. The number of ether oxygens (including phenoxy) is 1. The third-order valence-corrected chi connectivity index (χ3v) is 3.55. The van der Waals surface area contributed by atoms with Crippen molar-refractivity contribution < 1.29 is 14.3 Å². The second kappa shape index (κ2) is 5.31. The lowest BCUT2D eigenvalue weighted by Crippen LogP contribution is -2.02. The van der Waals surface area contributed by atoms with Crippen molar-refractivity contribution in [2.45, 2.75) is 0 Å². The average molecular weight is 323 g/mol. The minimum atomic E-state index is -0.654. The van der Waals surface area contributed by atoms with Crippen LogP contribution in [0.1, 0.15) is 0 Å². The van der Waals surface area contributed by atoms with Crippen molar-refractivity contribution in [1.29, 1.82) is 0 Å². The molecule has 6 heteroatoms. The Balaban J connectivity index is 2.04. The summed E-state index contributed by atoms with van der Waals surface area (Å²) < 4.78 is 10.6. The van der Waals surface area contributed by atoms with Crippen molar-refractivity contribution >= 4 is 34.2 Å². The minimum Gasteiger partial charge on any atom is -0.508 e. The average Bonchev–Trinajstić information content (AvgIpc) is 2.44. The van der Waals surface area contributed by atoms with Gasteiger partial charge < -0.3 is 14.3 Å². The molecule has 0 aliphatic rings. The fraction of sp³-hybridized carbons (Fsp3) is 0. The predicted octanol–water partition coefficient (Wildman–Crippen LogP) is 4.60. The van der Waals surface area contributed by atoms with Gasteiger partial charge in [0.1, 0.15) is 17.1 Å². The van der Waals surface area contributed by atoms with Crippen LogP contribution in [0.5, 0.6) is 17.2 Å². The van der Waals surface area contributed by atoms with Crippen molar-refractivity contribution in [2.24, 2.45) is 0 Å². The first kappa shape index (κ1) is 13.8. The van der Waals surface area contributed by atoms with Crippen LogP contribution in [-0.2, 0) is 0 Å². The van der Waals surface area contributed by atoms with Gasteiger partial charge in [0.2, 0.25) is 5.75 Å². The Kier molecular flexibility index (Phi) is 3.49. The van der Waals surface area contributed by atoms with Crippen LogP contribution in [0, 0.1) is 0 Å². The topological polar surface area (TPSA) is 59.7 Å². The molecule has 1 heterocycles. The lowest BCUT2D eigenvalue weighted by molar-refractivity contribution is 0.435. The van der Waals surface area contributed by atoms with E-state index in [0.29, 0.717) is 21.2 Å². The van der Waals surface area contributed by atoms with Crippen LogP contribution in [0.3, 0.4) is 0 Å². The molecule has 0 saturated carbocycles. The van der Waals surface area contributed by atoms with Gasteiger partial charge in [-0.3, -0.25) is 0 Å². The van der Waals surface area contributed by atoms with Crippen molar-refractivity contribution in [1.82, 2.24) is 0 Å². The Morgan fingerprint density at radius 2 is 1.81 bits per heavy atom. The Hall–Kier alpha value is -2.17. The zero-order valence-electron chi connectivity index (χ0n) is 10.5. The number of hydrogen-bond donors (Lipinski definition) is 1. The molecule has 0 spiro atoms. The van der Waals surface area contributed by atoms with Gasteiger partial charge >= 0.3 is 5.63 Å². The van der Waals surface area contributed by atoms with Crippen LogP contribution in [0.15, 0.2) is 51.7 Å². The summed E-state index contributed by atoms with van der Waals surface area (Å²) in [6.45, 7) is 0. The number of phenolic OH excluding ortho intramolecular Hbond substituents is 1. The van der Waals surface area contributed by atoms with Gasteiger partial charge in [-0.1, -0.05) is 23.2 Å². The smallest absolute Gasteiger partial charge is 0.379 e. The number of rotatable bonds is 2. The highest BCUT2D eigenvalue weighted by Gasteiger charge is 2.09. The Morgan fingerprint density at radius 1 is 1.00 bits per heavy atom. The molecule has 3 rings (SSSR count). The molecule has 3 aromatic rings. The van der Waals surface area contributed by atoms with Crippen LogP contribution in [0.4, 0.5) is 0 Å². The van der Waals surface area contributed by atoms with E-state index in [1.54, 1.807) is 18.2 Å². The van der Waals surface area contributed by atoms with Crippen molar-refractivity contribution in [3.8, 4) is 17.2 Å². The fourth-order valence-corrected chi connectivity index (χ4v) is 2.11. The van der Waals surface area contributed by atoms with Crippen LogP contribution < -0.4 is 10.4 Å². The molecule has 0 fully saturated rings. The van der Waals surface area contributed by atoms with Crippen LogP contribution in [0.25, 0.3) is 11.0 Å². The van der Waals surface area contributed by atoms with E-state index in [2.05, 4.69) is 0 Å². The maximum Gasteiger partial charge on any atom is 0.379 e. The summed E-state index contributed by atoms with van der Waals surface area (Å²) in [6.07, 6.45) is 0. The molecule has 0 amide bonds. The zero-order chi connectivity index (χ0) is 15.0. The summed E-state index contributed by atoms with van der Waals surface area (Å²) in [5.41, 5.74) is -0.374. The van der Waals surface area contributed by atoms with E-state index < -0.39 is 5.63 Å². The molecule has 106 valence electrons. The van der Waals surface area contributed by atoms with Crippen LogP contribution in [-0.4, -0.2) is 5.11 Å². The van der Waals surface area contributed by atoms with Gasteiger partial charge in [0.05, 0.1) is 10.0 Å². The monoisotopic (exact) mass is 322 g/mol. The fourth-order valence-electron chi connectivity index (χ4n) is 1.82. The highest BCUT2D eigenvalue weighted by molar-refractivity contribution is 6.42. The number of hydrogen-bond acceptors (Lipinski definition) is 4. The molecule has 4 nitrogen and oxygen atoms in total. The molecule has 1 aromatic heterocycles. The molecule has 0 aliphatic carbocycles. The lowest BCUT2D eigenvalue weighted by atomic mass is 10.2. The van der Waals surface area contributed by atoms with E-state index in [0.717, 1.165) is 0 Å². The van der Waals surface area contributed by atoms with Gasteiger partial charge in [-0.2, -0.15) is 0 Å². The summed E-state index contributed by atoms with van der Waals surface area (Å²) in [7, 11) is 0. The summed E-state index contributed by atoms with van der Waals surface area (Å²) >= 11 is 11.7. The van der Waals surface area contributed by atoms with E-state index >= 15 is 0 Å². The van der Waals surface area contributed by atoms with Crippen LogP contribution >= 0.6 is 23.2 Å². The molecule has 0 aliphatic heterocycles. The van der Waals surface area contributed by atoms with Crippen molar-refractivity contribution in [3.05, 3.63) is 62.9 Å². The normalized spacial score (nSPS) is 10.8. The molecular weight excluding hydrogens is 315 g/mol. The Labute approximate surface area is 129 Å². The molecule has 0 atom stereocenters. The Morgan fingerprint density at radius 3 is 2.57 bits per heavy atom. The first-order chi connectivity index (χ1) is 10.0. The second-order valence-electron chi connectivity index (χ2n) is 4.30. The van der Waals surface area contributed by atoms with E-state index in [-0.39, 0.29) is 17.1 Å². The highest BCUT2D eigenvalue weighted by Crippen LogP contribution is 2.29. The zero-order valence-corrected chi connectivity index (χ0v) is 12.0. The Bertz CT molecular complexity index is 886. The molecular formula is C15H8Cl2O4. The number of aromatic hydroxyl groups is 1. The van der Waals surface area contributed by atoms with Crippen molar-refractivity contribution in [2.75, 3.05) is 0 Å². The quantitative estimate of drug-likeness (QED) is 0.700. The third-order valence-electron chi connectivity index (χ3n) is 2.81. The third kappa shape index (κ3) is 2.82. The van der Waals surface area contributed by atoms with Crippen LogP contribution in [0.2, 0.25) is 10.0 Å². The lowest BCUT2D eigenvalue weighted by Gasteiger charge is -2.06. The number of phenols is 1. The molecule has 0 bridgehead atoms.